The standard InChI is InChI=1S/C26H15Cl2NO5/c27-14-10-15(28)12-16(11-14)29-24(32)19-20(25(29)33)26(34-21(19)13-6-2-1-3-7-13)22(30)17-8-4-5-9-18(17)23(26)31/h1-12,19-21H/t19-,20+,21-/m0/s1. The van der Waals surface area contributed by atoms with Crippen LogP contribution in [-0.2, 0) is 14.3 Å². The Kier molecular flexibility index (Phi) is 4.58. The molecule has 0 aromatic heterocycles. The molecule has 2 fully saturated rings. The van der Waals surface area contributed by atoms with Gasteiger partial charge in [-0.3, -0.25) is 19.2 Å². The lowest BCUT2D eigenvalue weighted by Gasteiger charge is -2.27. The second-order valence-corrected chi connectivity index (χ2v) is 9.40. The SMILES string of the molecule is O=C1[C@@H]2[C@H](c3ccccc3)OC3(C(=O)c4ccccc4C3=O)[C@H]2C(=O)N1c1cc(Cl)cc(Cl)c1. The molecule has 34 heavy (non-hydrogen) atoms. The Morgan fingerprint density at radius 1 is 0.735 bits per heavy atom. The molecule has 3 aromatic rings. The maximum atomic E-state index is 13.8. The average molecular weight is 492 g/mol. The van der Waals surface area contributed by atoms with E-state index in [4.69, 9.17) is 27.9 Å². The molecule has 0 radical (unpaired) electrons. The summed E-state index contributed by atoms with van der Waals surface area (Å²) in [5.41, 5.74) is -0.968. The minimum absolute atomic E-state index is 0.180. The van der Waals surface area contributed by atoms with E-state index >= 15 is 0 Å². The first-order chi connectivity index (χ1) is 16.3. The maximum absolute atomic E-state index is 13.8. The predicted molar refractivity (Wildman–Crippen MR) is 124 cm³/mol. The van der Waals surface area contributed by atoms with E-state index in [9.17, 15) is 19.2 Å². The molecule has 3 aliphatic rings. The molecule has 8 heteroatoms. The van der Waals surface area contributed by atoms with E-state index in [0.29, 0.717) is 5.56 Å². The summed E-state index contributed by atoms with van der Waals surface area (Å²) in [5.74, 6) is -4.87. The number of rotatable bonds is 2. The minimum atomic E-state index is -2.11. The number of Topliss-reactive ketones (excluding diaryl/α,β-unsaturated/α-hetero) is 2. The number of carbonyl (C=O) groups is 4. The topological polar surface area (TPSA) is 80.8 Å². The number of imide groups is 1. The quantitative estimate of drug-likeness (QED) is 0.383. The first-order valence-electron chi connectivity index (χ1n) is 10.6. The molecule has 1 spiro atoms. The Hall–Kier alpha value is -3.32. The minimum Gasteiger partial charge on any atom is -0.349 e. The number of anilines is 1. The van der Waals surface area contributed by atoms with E-state index in [1.165, 1.54) is 30.3 Å². The molecule has 0 N–H and O–H groups in total. The number of carbonyl (C=O) groups excluding carboxylic acids is 4. The van der Waals surface area contributed by atoms with Crippen molar-refractivity contribution in [1.29, 1.82) is 0 Å². The van der Waals surface area contributed by atoms with Crippen LogP contribution >= 0.6 is 23.2 Å². The molecule has 1 aliphatic carbocycles. The van der Waals surface area contributed by atoms with Gasteiger partial charge in [-0.25, -0.2) is 4.90 Å². The Balaban J connectivity index is 1.56. The summed E-state index contributed by atoms with van der Waals surface area (Å²) < 4.78 is 6.22. The number of fused-ring (bicyclic) bond motifs is 3. The normalized spacial score (nSPS) is 24.8. The van der Waals surface area contributed by atoms with E-state index < -0.39 is 46.9 Å². The molecule has 2 amide bonds. The van der Waals surface area contributed by atoms with Crippen molar-refractivity contribution in [3.63, 3.8) is 0 Å². The van der Waals surface area contributed by atoms with Gasteiger partial charge >= 0.3 is 0 Å². The van der Waals surface area contributed by atoms with Gasteiger partial charge in [0.25, 0.3) is 0 Å². The van der Waals surface area contributed by atoms with E-state index in [2.05, 4.69) is 0 Å². The van der Waals surface area contributed by atoms with Gasteiger partial charge in [0.2, 0.25) is 29.0 Å². The van der Waals surface area contributed by atoms with Gasteiger partial charge in [0.15, 0.2) is 0 Å². The molecule has 0 bridgehead atoms. The highest BCUT2D eigenvalue weighted by atomic mass is 35.5. The number of nitrogens with zero attached hydrogens (tertiary/aromatic N) is 1. The lowest BCUT2D eigenvalue weighted by atomic mass is 9.77. The fourth-order valence-corrected chi connectivity index (χ4v) is 5.90. The van der Waals surface area contributed by atoms with Crippen molar-refractivity contribution < 1.29 is 23.9 Å². The van der Waals surface area contributed by atoms with Crippen LogP contribution in [0.15, 0.2) is 72.8 Å². The third-order valence-corrected chi connectivity index (χ3v) is 7.19. The first kappa shape index (κ1) is 21.2. The summed E-state index contributed by atoms with van der Waals surface area (Å²) in [6.45, 7) is 0. The predicted octanol–water partition coefficient (Wildman–Crippen LogP) is 4.69. The van der Waals surface area contributed by atoms with Crippen molar-refractivity contribution in [3.05, 3.63) is 99.5 Å². The van der Waals surface area contributed by atoms with Crippen LogP contribution < -0.4 is 4.90 Å². The number of halogens is 2. The number of ketones is 2. The molecule has 0 unspecified atom stereocenters. The second kappa shape index (κ2) is 7.34. The fraction of sp³-hybridized carbons (Fsp3) is 0.154. The molecule has 6 rings (SSSR count). The Morgan fingerprint density at radius 3 is 1.88 bits per heavy atom. The first-order valence-corrected chi connectivity index (χ1v) is 11.4. The molecule has 168 valence electrons. The number of amides is 2. The zero-order chi connectivity index (χ0) is 23.8. The van der Waals surface area contributed by atoms with Crippen molar-refractivity contribution in [3.8, 4) is 0 Å². The van der Waals surface area contributed by atoms with Gasteiger partial charge in [0, 0.05) is 21.2 Å². The zero-order valence-electron chi connectivity index (χ0n) is 17.4. The van der Waals surface area contributed by atoms with E-state index in [1.807, 2.05) is 0 Å². The van der Waals surface area contributed by atoms with Crippen LogP contribution in [0.25, 0.3) is 0 Å². The van der Waals surface area contributed by atoms with Crippen molar-refractivity contribution in [1.82, 2.24) is 0 Å². The lowest BCUT2D eigenvalue weighted by molar-refractivity contribution is -0.127. The van der Waals surface area contributed by atoms with Crippen LogP contribution in [0, 0.1) is 11.8 Å². The Morgan fingerprint density at radius 2 is 1.29 bits per heavy atom. The second-order valence-electron chi connectivity index (χ2n) is 8.53. The summed E-state index contributed by atoms with van der Waals surface area (Å²) in [4.78, 5) is 55.9. The molecule has 2 saturated heterocycles. The molecule has 0 saturated carbocycles. The van der Waals surface area contributed by atoms with Crippen LogP contribution in [0.5, 0.6) is 0 Å². The van der Waals surface area contributed by atoms with Gasteiger partial charge in [-0.1, -0.05) is 77.8 Å². The Labute approximate surface area is 204 Å². The Bertz CT molecular complexity index is 1360. The lowest BCUT2D eigenvalue weighted by Crippen LogP contribution is -2.51. The maximum Gasteiger partial charge on any atom is 0.241 e. The highest BCUT2D eigenvalue weighted by molar-refractivity contribution is 6.38. The summed E-state index contributed by atoms with van der Waals surface area (Å²) in [7, 11) is 0. The largest absolute Gasteiger partial charge is 0.349 e. The third-order valence-electron chi connectivity index (χ3n) is 6.75. The fourth-order valence-electron chi connectivity index (χ4n) is 5.38. The summed E-state index contributed by atoms with van der Waals surface area (Å²) in [6, 6.07) is 19.6. The molecular formula is C26H15Cl2NO5. The van der Waals surface area contributed by atoms with Gasteiger partial charge in [0.1, 0.15) is 0 Å². The van der Waals surface area contributed by atoms with Crippen molar-refractivity contribution in [2.24, 2.45) is 11.8 Å². The van der Waals surface area contributed by atoms with Crippen LogP contribution in [0.4, 0.5) is 5.69 Å². The monoisotopic (exact) mass is 491 g/mol. The summed E-state index contributed by atoms with van der Waals surface area (Å²) in [5, 5.41) is 0.484. The number of ether oxygens (including phenoxy) is 1. The number of hydrogen-bond acceptors (Lipinski definition) is 5. The van der Waals surface area contributed by atoms with Crippen molar-refractivity contribution >= 4 is 52.3 Å². The smallest absolute Gasteiger partial charge is 0.241 e. The molecule has 3 atom stereocenters. The highest BCUT2D eigenvalue weighted by Gasteiger charge is 2.74. The van der Waals surface area contributed by atoms with Crippen LogP contribution in [0.3, 0.4) is 0 Å². The van der Waals surface area contributed by atoms with Gasteiger partial charge in [-0.15, -0.1) is 0 Å². The van der Waals surface area contributed by atoms with Crippen LogP contribution in [0.1, 0.15) is 32.4 Å². The molecular weight excluding hydrogens is 477 g/mol. The number of hydrogen-bond donors (Lipinski definition) is 0. The highest BCUT2D eigenvalue weighted by Crippen LogP contribution is 2.57. The zero-order valence-corrected chi connectivity index (χ0v) is 18.9. The molecule has 3 aromatic carbocycles. The molecule has 6 nitrogen and oxygen atoms in total. The average Bonchev–Trinajstić information content (AvgIpc) is 3.39. The van der Waals surface area contributed by atoms with Gasteiger partial charge in [0.05, 0.1) is 23.6 Å². The van der Waals surface area contributed by atoms with Crippen molar-refractivity contribution in [2.45, 2.75) is 11.7 Å². The van der Waals surface area contributed by atoms with Gasteiger partial charge < -0.3 is 4.74 Å². The third kappa shape index (κ3) is 2.67. The summed E-state index contributed by atoms with van der Waals surface area (Å²) >= 11 is 12.3. The molecule has 2 aliphatic heterocycles. The van der Waals surface area contributed by atoms with E-state index in [-0.39, 0.29) is 26.9 Å². The van der Waals surface area contributed by atoms with Crippen LogP contribution in [-0.4, -0.2) is 29.0 Å². The number of benzene rings is 3. The van der Waals surface area contributed by atoms with E-state index in [1.54, 1.807) is 42.5 Å². The van der Waals surface area contributed by atoms with Crippen LogP contribution in [0.2, 0.25) is 10.0 Å². The van der Waals surface area contributed by atoms with Gasteiger partial charge in [-0.2, -0.15) is 0 Å². The van der Waals surface area contributed by atoms with E-state index in [0.717, 1.165) is 4.90 Å². The summed E-state index contributed by atoms with van der Waals surface area (Å²) in [6.07, 6.45) is -0.968. The van der Waals surface area contributed by atoms with Gasteiger partial charge in [-0.05, 0) is 23.8 Å². The van der Waals surface area contributed by atoms with Crippen molar-refractivity contribution in [2.75, 3.05) is 4.90 Å². The molecule has 2 heterocycles.